The lowest BCUT2D eigenvalue weighted by molar-refractivity contribution is 0.0949. The molecular formula is C17H20N2O4S. The van der Waals surface area contributed by atoms with E-state index >= 15 is 0 Å². The molecule has 0 bridgehead atoms. The van der Waals surface area contributed by atoms with Crippen LogP contribution in [0.2, 0.25) is 0 Å². The maximum absolute atomic E-state index is 12.4. The summed E-state index contributed by atoms with van der Waals surface area (Å²) in [5.74, 6) is -0.364. The molecule has 0 unspecified atom stereocenters. The number of pyridine rings is 1. The fourth-order valence-electron chi connectivity index (χ4n) is 2.26. The molecule has 1 aromatic carbocycles. The molecule has 0 saturated heterocycles. The normalized spacial score (nSPS) is 11.3. The zero-order chi connectivity index (χ0) is 17.9. The zero-order valence-corrected chi connectivity index (χ0v) is 14.6. The molecule has 1 heterocycles. The third-order valence-corrected chi connectivity index (χ3v) is 4.86. The van der Waals surface area contributed by atoms with Crippen LogP contribution in [-0.4, -0.2) is 30.7 Å². The van der Waals surface area contributed by atoms with Gasteiger partial charge in [-0.2, -0.15) is 0 Å². The van der Waals surface area contributed by atoms with Gasteiger partial charge in [-0.3, -0.25) is 9.78 Å². The van der Waals surface area contributed by atoms with Gasteiger partial charge in [0.25, 0.3) is 5.91 Å². The van der Waals surface area contributed by atoms with E-state index in [1.807, 2.05) is 0 Å². The second kappa shape index (κ2) is 7.11. The quantitative estimate of drug-likeness (QED) is 0.854. The lowest BCUT2D eigenvalue weighted by Crippen LogP contribution is -2.25. The van der Waals surface area contributed by atoms with Crippen LogP contribution in [0, 0.1) is 13.8 Å². The van der Waals surface area contributed by atoms with Crippen LogP contribution in [-0.2, 0) is 23.0 Å². The van der Waals surface area contributed by atoms with Crippen LogP contribution < -0.4 is 5.32 Å². The molecule has 0 atom stereocenters. The highest BCUT2D eigenvalue weighted by atomic mass is 32.2. The van der Waals surface area contributed by atoms with E-state index < -0.39 is 9.84 Å². The first-order valence-corrected chi connectivity index (χ1v) is 9.26. The lowest BCUT2D eigenvalue weighted by Gasteiger charge is -2.12. The molecule has 0 fully saturated rings. The average molecular weight is 348 g/mol. The summed E-state index contributed by atoms with van der Waals surface area (Å²) in [7, 11) is -3.39. The van der Waals surface area contributed by atoms with Crippen LogP contribution >= 0.6 is 0 Å². The summed E-state index contributed by atoms with van der Waals surface area (Å²) in [6.07, 6.45) is 1.11. The number of nitrogens with one attached hydrogen (secondary N) is 1. The minimum absolute atomic E-state index is 0.121. The molecule has 1 aromatic heterocycles. The highest BCUT2D eigenvalue weighted by Gasteiger charge is 2.16. The molecule has 0 radical (unpaired) electrons. The Morgan fingerprint density at radius 3 is 2.50 bits per heavy atom. The molecule has 6 nitrogen and oxygen atoms in total. The van der Waals surface area contributed by atoms with Gasteiger partial charge in [0.2, 0.25) is 0 Å². The van der Waals surface area contributed by atoms with E-state index in [4.69, 9.17) is 5.11 Å². The second-order valence-corrected chi connectivity index (χ2v) is 7.66. The highest BCUT2D eigenvalue weighted by Crippen LogP contribution is 2.20. The van der Waals surface area contributed by atoms with Crippen molar-refractivity contribution >= 4 is 15.7 Å². The summed E-state index contributed by atoms with van der Waals surface area (Å²) < 4.78 is 23.5. The third kappa shape index (κ3) is 4.18. The Labute approximate surface area is 141 Å². The summed E-state index contributed by atoms with van der Waals surface area (Å²) in [5, 5.41) is 11.8. The average Bonchev–Trinajstić information content (AvgIpc) is 2.54. The van der Waals surface area contributed by atoms with E-state index in [2.05, 4.69) is 10.3 Å². The van der Waals surface area contributed by atoms with Crippen LogP contribution in [0.25, 0.3) is 0 Å². The third-order valence-electron chi connectivity index (χ3n) is 3.77. The maximum Gasteiger partial charge on any atom is 0.251 e. The van der Waals surface area contributed by atoms with E-state index in [1.165, 1.54) is 6.07 Å². The predicted molar refractivity (Wildman–Crippen MR) is 90.4 cm³/mol. The maximum atomic E-state index is 12.4. The SMILES string of the molecule is Cc1cc(S(C)(=O)=O)cc(C(=O)NCc2cccc(CO)n2)c1C. The largest absolute Gasteiger partial charge is 0.390 e. The molecule has 1 amide bonds. The molecule has 0 aliphatic rings. The van der Waals surface area contributed by atoms with E-state index in [9.17, 15) is 13.2 Å². The molecule has 0 saturated carbocycles. The van der Waals surface area contributed by atoms with Crippen molar-refractivity contribution in [2.75, 3.05) is 6.26 Å². The molecular weight excluding hydrogens is 328 g/mol. The van der Waals surface area contributed by atoms with Crippen molar-refractivity contribution in [3.63, 3.8) is 0 Å². The molecule has 128 valence electrons. The Bertz CT molecular complexity index is 876. The summed E-state index contributed by atoms with van der Waals surface area (Å²) in [4.78, 5) is 16.8. The van der Waals surface area contributed by atoms with Crippen molar-refractivity contribution in [1.82, 2.24) is 10.3 Å². The summed E-state index contributed by atoms with van der Waals surface area (Å²) in [6, 6.07) is 8.14. The van der Waals surface area contributed by atoms with Gasteiger partial charge in [-0.1, -0.05) is 6.07 Å². The summed E-state index contributed by atoms with van der Waals surface area (Å²) >= 11 is 0. The minimum Gasteiger partial charge on any atom is -0.390 e. The molecule has 0 aliphatic carbocycles. The molecule has 0 spiro atoms. The van der Waals surface area contributed by atoms with Crippen molar-refractivity contribution in [3.8, 4) is 0 Å². The number of carbonyl (C=O) groups is 1. The Morgan fingerprint density at radius 1 is 1.21 bits per heavy atom. The number of aromatic nitrogens is 1. The van der Waals surface area contributed by atoms with Gasteiger partial charge in [0.05, 0.1) is 29.4 Å². The van der Waals surface area contributed by atoms with Crippen LogP contribution in [0.4, 0.5) is 0 Å². The van der Waals surface area contributed by atoms with Crippen LogP contribution in [0.5, 0.6) is 0 Å². The number of aliphatic hydroxyl groups is 1. The van der Waals surface area contributed by atoms with Crippen molar-refractivity contribution in [1.29, 1.82) is 0 Å². The number of amides is 1. The Kier molecular flexibility index (Phi) is 5.36. The van der Waals surface area contributed by atoms with Crippen LogP contribution in [0.1, 0.15) is 32.9 Å². The first kappa shape index (κ1) is 18.1. The van der Waals surface area contributed by atoms with E-state index in [-0.39, 0.29) is 24.0 Å². The van der Waals surface area contributed by atoms with E-state index in [0.29, 0.717) is 17.0 Å². The number of nitrogens with zero attached hydrogens (tertiary/aromatic N) is 1. The summed E-state index contributed by atoms with van der Waals surface area (Å²) in [5.41, 5.74) is 2.94. The topological polar surface area (TPSA) is 96.4 Å². The standard InChI is InChI=1S/C17H20N2O4S/c1-11-7-15(24(3,22)23)8-16(12(11)2)17(21)18-9-13-5-4-6-14(10-20)19-13/h4-8,20H,9-10H2,1-3H3,(H,18,21). The fourth-order valence-corrected chi connectivity index (χ4v) is 2.98. The number of hydrogen-bond acceptors (Lipinski definition) is 5. The number of aryl methyl sites for hydroxylation is 1. The minimum atomic E-state index is -3.39. The Balaban J connectivity index is 2.24. The Morgan fingerprint density at radius 2 is 1.88 bits per heavy atom. The highest BCUT2D eigenvalue weighted by molar-refractivity contribution is 7.90. The molecule has 24 heavy (non-hydrogen) atoms. The number of carbonyl (C=O) groups excluding carboxylic acids is 1. The number of rotatable bonds is 5. The van der Waals surface area contributed by atoms with Crippen molar-refractivity contribution in [2.24, 2.45) is 0 Å². The molecule has 2 N–H and O–H groups in total. The molecule has 2 rings (SSSR count). The number of sulfone groups is 1. The van der Waals surface area contributed by atoms with Gasteiger partial charge in [-0.25, -0.2) is 8.42 Å². The smallest absolute Gasteiger partial charge is 0.251 e. The Hall–Kier alpha value is -2.25. The fraction of sp³-hybridized carbons (Fsp3) is 0.294. The van der Waals surface area contributed by atoms with Gasteiger partial charge in [-0.05, 0) is 49.2 Å². The van der Waals surface area contributed by atoms with Gasteiger partial charge in [0, 0.05) is 11.8 Å². The van der Waals surface area contributed by atoms with Crippen molar-refractivity contribution < 1.29 is 18.3 Å². The van der Waals surface area contributed by atoms with Crippen LogP contribution in [0.3, 0.4) is 0 Å². The van der Waals surface area contributed by atoms with Crippen molar-refractivity contribution in [2.45, 2.75) is 31.9 Å². The molecule has 0 aliphatic heterocycles. The van der Waals surface area contributed by atoms with Crippen molar-refractivity contribution in [3.05, 3.63) is 58.4 Å². The summed E-state index contributed by atoms with van der Waals surface area (Å²) in [6.45, 7) is 3.57. The first-order valence-electron chi connectivity index (χ1n) is 7.37. The van der Waals surface area contributed by atoms with Gasteiger partial charge >= 0.3 is 0 Å². The van der Waals surface area contributed by atoms with Gasteiger partial charge in [0.1, 0.15) is 0 Å². The van der Waals surface area contributed by atoms with Gasteiger partial charge in [-0.15, -0.1) is 0 Å². The predicted octanol–water partition coefficient (Wildman–Crippen LogP) is 1.52. The van der Waals surface area contributed by atoms with E-state index in [0.717, 1.165) is 17.4 Å². The number of hydrogen-bond donors (Lipinski definition) is 2. The number of benzene rings is 1. The van der Waals surface area contributed by atoms with Crippen LogP contribution in [0.15, 0.2) is 35.2 Å². The lowest BCUT2D eigenvalue weighted by atomic mass is 10.0. The molecule has 7 heteroatoms. The van der Waals surface area contributed by atoms with Gasteiger partial charge in [0.15, 0.2) is 9.84 Å². The van der Waals surface area contributed by atoms with Gasteiger partial charge < -0.3 is 10.4 Å². The second-order valence-electron chi connectivity index (χ2n) is 5.65. The zero-order valence-electron chi connectivity index (χ0n) is 13.8. The number of aliphatic hydroxyl groups excluding tert-OH is 1. The van der Waals surface area contributed by atoms with E-state index in [1.54, 1.807) is 38.1 Å². The molecule has 2 aromatic rings. The first-order chi connectivity index (χ1) is 11.2. The monoisotopic (exact) mass is 348 g/mol.